The lowest BCUT2D eigenvalue weighted by molar-refractivity contribution is -0.125. The average Bonchev–Trinajstić information content (AvgIpc) is 3.03. The van der Waals surface area contributed by atoms with E-state index in [0.29, 0.717) is 6.54 Å². The van der Waals surface area contributed by atoms with Gasteiger partial charge < -0.3 is 15.4 Å². The number of hydrogen-bond donors (Lipinski definition) is 2. The number of carbonyl (C=O) groups is 1. The summed E-state index contributed by atoms with van der Waals surface area (Å²) in [5, 5.41) is 6.35. The van der Waals surface area contributed by atoms with Crippen LogP contribution in [0.25, 0.3) is 0 Å². The minimum atomic E-state index is 0.0797. The van der Waals surface area contributed by atoms with E-state index in [-0.39, 0.29) is 17.9 Å². The van der Waals surface area contributed by atoms with Crippen LogP contribution in [-0.2, 0) is 17.8 Å². The molecule has 0 radical (unpaired) electrons. The van der Waals surface area contributed by atoms with Gasteiger partial charge in [0.2, 0.25) is 5.91 Å². The fourth-order valence-electron chi connectivity index (χ4n) is 3.01. The number of carbonyl (C=O) groups excluding carboxylic acids is 1. The van der Waals surface area contributed by atoms with Crippen LogP contribution in [0.5, 0.6) is 5.75 Å². The lowest BCUT2D eigenvalue weighted by atomic mass is 10.0. The molecule has 1 aromatic rings. The summed E-state index contributed by atoms with van der Waals surface area (Å²) in [5.74, 6) is 1.16. The van der Waals surface area contributed by atoms with Gasteiger partial charge in [0.25, 0.3) is 0 Å². The van der Waals surface area contributed by atoms with Gasteiger partial charge in [-0.3, -0.25) is 4.79 Å². The first-order valence-electron chi connectivity index (χ1n) is 7.10. The smallest absolute Gasteiger partial charge is 0.224 e. The molecule has 2 atom stereocenters. The number of amides is 1. The second-order valence-electron chi connectivity index (χ2n) is 5.51. The first kappa shape index (κ1) is 13.9. The molecule has 2 unspecified atom stereocenters. The van der Waals surface area contributed by atoms with Gasteiger partial charge in [-0.25, -0.2) is 0 Å². The predicted octanol–water partition coefficient (Wildman–Crippen LogP) is 2.00. The Morgan fingerprint density at radius 2 is 2.40 bits per heavy atom. The third-order valence-electron chi connectivity index (χ3n) is 4.14. The lowest BCUT2D eigenvalue weighted by Gasteiger charge is -2.16. The van der Waals surface area contributed by atoms with Crippen molar-refractivity contribution in [3.63, 3.8) is 0 Å². The molecule has 5 heteroatoms. The molecule has 2 heterocycles. The van der Waals surface area contributed by atoms with E-state index < -0.39 is 0 Å². The van der Waals surface area contributed by atoms with Gasteiger partial charge in [0.1, 0.15) is 5.75 Å². The monoisotopic (exact) mass is 338 g/mol. The summed E-state index contributed by atoms with van der Waals surface area (Å²) < 4.78 is 6.72. The normalized spacial score (nSPS) is 24.3. The molecular weight excluding hydrogens is 320 g/mol. The van der Waals surface area contributed by atoms with Crippen molar-refractivity contribution in [3.05, 3.63) is 27.7 Å². The minimum absolute atomic E-state index is 0.0797. The highest BCUT2D eigenvalue weighted by Crippen LogP contribution is 2.33. The molecule has 0 spiro atoms. The molecule has 108 valence electrons. The fourth-order valence-corrected chi connectivity index (χ4v) is 3.56. The minimum Gasteiger partial charge on any atom is -0.493 e. The zero-order valence-corrected chi connectivity index (χ0v) is 13.1. The molecule has 2 N–H and O–H groups in total. The fraction of sp³-hybridized carbons (Fsp3) is 0.533. The Morgan fingerprint density at radius 3 is 3.15 bits per heavy atom. The van der Waals surface area contributed by atoms with Crippen molar-refractivity contribution in [1.82, 2.24) is 10.6 Å². The molecule has 0 aliphatic carbocycles. The van der Waals surface area contributed by atoms with E-state index >= 15 is 0 Å². The summed E-state index contributed by atoms with van der Waals surface area (Å²) in [4.78, 5) is 12.2. The molecule has 1 saturated heterocycles. The van der Waals surface area contributed by atoms with Crippen molar-refractivity contribution < 1.29 is 9.53 Å². The second-order valence-corrected chi connectivity index (χ2v) is 6.42. The number of hydrogen-bond acceptors (Lipinski definition) is 3. The van der Waals surface area contributed by atoms with E-state index in [9.17, 15) is 4.79 Å². The summed E-state index contributed by atoms with van der Waals surface area (Å²) in [7, 11) is 0. The average molecular weight is 339 g/mol. The number of rotatable bonds is 3. The van der Waals surface area contributed by atoms with Crippen LogP contribution in [0.15, 0.2) is 16.6 Å². The number of fused-ring (bicyclic) bond motifs is 1. The number of benzene rings is 1. The third kappa shape index (κ3) is 2.69. The van der Waals surface area contributed by atoms with Gasteiger partial charge in [0.15, 0.2) is 0 Å². The maximum atomic E-state index is 12.2. The number of halogens is 1. The van der Waals surface area contributed by atoms with Gasteiger partial charge in [-0.1, -0.05) is 15.9 Å². The topological polar surface area (TPSA) is 50.4 Å². The Balaban J connectivity index is 1.68. The molecule has 2 aliphatic rings. The molecule has 0 bridgehead atoms. The Hall–Kier alpha value is -1.07. The predicted molar refractivity (Wildman–Crippen MR) is 80.8 cm³/mol. The number of ether oxygens (including phenoxy) is 1. The van der Waals surface area contributed by atoms with Crippen molar-refractivity contribution in [3.8, 4) is 5.75 Å². The van der Waals surface area contributed by atoms with Crippen LogP contribution in [0.3, 0.4) is 0 Å². The molecule has 4 nitrogen and oxygen atoms in total. The molecule has 1 amide bonds. The van der Waals surface area contributed by atoms with Gasteiger partial charge in [-0.15, -0.1) is 0 Å². The summed E-state index contributed by atoms with van der Waals surface area (Å²) in [6.07, 6.45) is 1.86. The van der Waals surface area contributed by atoms with E-state index in [0.717, 1.165) is 41.8 Å². The van der Waals surface area contributed by atoms with Crippen LogP contribution in [-0.4, -0.2) is 25.1 Å². The maximum Gasteiger partial charge on any atom is 0.224 e. The summed E-state index contributed by atoms with van der Waals surface area (Å²) in [6, 6.07) is 4.39. The molecule has 3 rings (SSSR count). The van der Waals surface area contributed by atoms with E-state index in [4.69, 9.17) is 4.74 Å². The highest BCUT2D eigenvalue weighted by Gasteiger charge is 2.29. The Morgan fingerprint density at radius 1 is 1.55 bits per heavy atom. The quantitative estimate of drug-likeness (QED) is 0.886. The number of nitrogens with one attached hydrogen (secondary N) is 2. The Bertz CT molecular complexity index is 533. The van der Waals surface area contributed by atoms with E-state index in [1.807, 2.05) is 6.07 Å². The van der Waals surface area contributed by atoms with Crippen molar-refractivity contribution >= 4 is 21.8 Å². The van der Waals surface area contributed by atoms with Crippen LogP contribution < -0.4 is 15.4 Å². The molecule has 1 aromatic carbocycles. The molecule has 1 fully saturated rings. The van der Waals surface area contributed by atoms with Gasteiger partial charge in [0.05, 0.1) is 12.5 Å². The van der Waals surface area contributed by atoms with Gasteiger partial charge >= 0.3 is 0 Å². The van der Waals surface area contributed by atoms with E-state index in [1.54, 1.807) is 0 Å². The molecule has 0 saturated carbocycles. The zero-order chi connectivity index (χ0) is 14.1. The largest absolute Gasteiger partial charge is 0.493 e. The molecular formula is C15H19BrN2O2. The van der Waals surface area contributed by atoms with Gasteiger partial charge in [-0.05, 0) is 37.6 Å². The lowest BCUT2D eigenvalue weighted by Crippen LogP contribution is -2.36. The van der Waals surface area contributed by atoms with Crippen molar-refractivity contribution in [2.45, 2.75) is 32.4 Å². The van der Waals surface area contributed by atoms with Crippen LogP contribution in [0.1, 0.15) is 24.5 Å². The van der Waals surface area contributed by atoms with Crippen LogP contribution in [0.2, 0.25) is 0 Å². The molecule has 2 aliphatic heterocycles. The van der Waals surface area contributed by atoms with Crippen molar-refractivity contribution in [2.75, 3.05) is 13.2 Å². The van der Waals surface area contributed by atoms with Crippen LogP contribution >= 0.6 is 15.9 Å². The van der Waals surface area contributed by atoms with E-state index in [1.165, 1.54) is 5.56 Å². The SMILES string of the molecule is CC1NCCC1C(=O)NCc1cc(Br)cc2c1OCC2. The second kappa shape index (κ2) is 5.74. The van der Waals surface area contributed by atoms with E-state index in [2.05, 4.69) is 39.6 Å². The summed E-state index contributed by atoms with van der Waals surface area (Å²) >= 11 is 3.52. The highest BCUT2D eigenvalue weighted by atomic mass is 79.9. The molecule has 0 aromatic heterocycles. The first-order valence-corrected chi connectivity index (χ1v) is 7.89. The first-order chi connectivity index (χ1) is 9.65. The highest BCUT2D eigenvalue weighted by molar-refractivity contribution is 9.10. The zero-order valence-electron chi connectivity index (χ0n) is 11.5. The summed E-state index contributed by atoms with van der Waals surface area (Å²) in [5.41, 5.74) is 2.28. The third-order valence-corrected chi connectivity index (χ3v) is 4.60. The van der Waals surface area contributed by atoms with Crippen LogP contribution in [0.4, 0.5) is 0 Å². The summed E-state index contributed by atoms with van der Waals surface area (Å²) in [6.45, 7) is 4.26. The Kier molecular flexibility index (Phi) is 3.98. The molecule has 20 heavy (non-hydrogen) atoms. The van der Waals surface area contributed by atoms with Crippen molar-refractivity contribution in [2.24, 2.45) is 5.92 Å². The van der Waals surface area contributed by atoms with Crippen LogP contribution in [0, 0.1) is 5.92 Å². The maximum absolute atomic E-state index is 12.2. The van der Waals surface area contributed by atoms with Crippen molar-refractivity contribution in [1.29, 1.82) is 0 Å². The Labute approximate surface area is 127 Å². The van der Waals surface area contributed by atoms with Gasteiger partial charge in [0, 0.05) is 29.0 Å². The van der Waals surface area contributed by atoms with Gasteiger partial charge in [-0.2, -0.15) is 0 Å². The standard InChI is InChI=1S/C15H19BrN2O2/c1-9-13(2-4-17-9)15(19)18-8-11-7-12(16)6-10-3-5-20-14(10)11/h6-7,9,13,17H,2-5,8H2,1H3,(H,18,19).